The molecule has 7 nitrogen and oxygen atoms in total. The van der Waals surface area contributed by atoms with Gasteiger partial charge in [-0.05, 0) is 47.9 Å². The van der Waals surface area contributed by atoms with E-state index in [0.717, 1.165) is 6.07 Å². The fourth-order valence-electron chi connectivity index (χ4n) is 6.79. The zero-order valence-corrected chi connectivity index (χ0v) is 28.2. The van der Waals surface area contributed by atoms with Crippen molar-refractivity contribution < 1.29 is 36.7 Å². The number of fused-ring (bicyclic) bond motifs is 3. The van der Waals surface area contributed by atoms with E-state index in [9.17, 15) is 36.7 Å². The maximum Gasteiger partial charge on any atom is 0.418 e. The predicted molar refractivity (Wildman–Crippen MR) is 176 cm³/mol. The summed E-state index contributed by atoms with van der Waals surface area (Å²) in [5, 5.41) is 6.21. The van der Waals surface area contributed by atoms with Gasteiger partial charge in [0.2, 0.25) is 11.8 Å². The van der Waals surface area contributed by atoms with Gasteiger partial charge in [0.25, 0.3) is 0 Å². The first-order valence-electron chi connectivity index (χ1n) is 16.7. The fraction of sp³-hybridized carbons (Fsp3) is 0.514. The zero-order chi connectivity index (χ0) is 35.4. The minimum absolute atomic E-state index is 0.0576. The number of hydrogen-bond donors (Lipinski definition) is 3. The highest BCUT2D eigenvalue weighted by atomic mass is 19.4. The summed E-state index contributed by atoms with van der Waals surface area (Å²) >= 11 is 0. The second-order valence-corrected chi connectivity index (χ2v) is 13.4. The number of alkyl halides is 3. The molecule has 0 radical (unpaired) electrons. The minimum Gasteiger partial charge on any atom is -0.358 e. The lowest BCUT2D eigenvalue weighted by molar-refractivity contribution is -0.137. The number of para-hydroxylation sites is 1. The molecule has 5 atom stereocenters. The van der Waals surface area contributed by atoms with Crippen LogP contribution in [0.2, 0.25) is 0 Å². The number of carbonyl (C=O) groups excluding carboxylic acids is 4. The van der Waals surface area contributed by atoms with E-state index >= 15 is 0 Å². The number of nitrogens with one attached hydrogen (secondary N) is 3. The van der Waals surface area contributed by atoms with Crippen LogP contribution in [0.3, 0.4) is 0 Å². The van der Waals surface area contributed by atoms with Crippen LogP contribution in [-0.2, 0) is 44.6 Å². The van der Waals surface area contributed by atoms with Crippen molar-refractivity contribution in [1.82, 2.24) is 15.6 Å². The summed E-state index contributed by atoms with van der Waals surface area (Å²) in [6.07, 6.45) is -3.59. The maximum atomic E-state index is 14.5. The van der Waals surface area contributed by atoms with Crippen molar-refractivity contribution in [2.75, 3.05) is 0 Å². The molecule has 1 heterocycles. The third-order valence-corrected chi connectivity index (χ3v) is 10.1. The molecule has 4 rings (SSSR count). The zero-order valence-electron chi connectivity index (χ0n) is 28.2. The molecule has 260 valence electrons. The predicted octanol–water partition coefficient (Wildman–Crippen LogP) is 7.04. The van der Waals surface area contributed by atoms with Gasteiger partial charge in [-0.25, -0.2) is 4.39 Å². The van der Waals surface area contributed by atoms with Crippen molar-refractivity contribution in [2.45, 2.75) is 104 Å². The molecule has 48 heavy (non-hydrogen) atoms. The van der Waals surface area contributed by atoms with E-state index in [1.807, 2.05) is 27.7 Å². The SMILES string of the molecule is CCC(C)[C@H](CC(=O)Cc1ccccc1F)C(=O)N[C@]1(C(=O)C[C@H](NC(C)=O)[C@@H](C)CC)CCc2[nH]c3c(C(F)(F)F)cccc3c2C1. The number of halogens is 4. The monoisotopic (exact) mass is 671 g/mol. The number of rotatable bonds is 14. The van der Waals surface area contributed by atoms with Crippen LogP contribution in [-0.4, -0.2) is 39.9 Å². The number of Topliss-reactive ketones (excluding diaryl/α,β-unsaturated/α-hetero) is 2. The Kier molecular flexibility index (Phi) is 11.5. The smallest absolute Gasteiger partial charge is 0.358 e. The van der Waals surface area contributed by atoms with Gasteiger partial charge in [-0.1, -0.05) is 70.9 Å². The number of hydrogen-bond acceptors (Lipinski definition) is 4. The van der Waals surface area contributed by atoms with Gasteiger partial charge in [0, 0.05) is 55.6 Å². The number of aryl methyl sites for hydroxylation is 1. The minimum atomic E-state index is -4.60. The van der Waals surface area contributed by atoms with Crippen LogP contribution < -0.4 is 10.6 Å². The van der Waals surface area contributed by atoms with E-state index in [1.165, 1.54) is 31.2 Å². The van der Waals surface area contributed by atoms with Crippen molar-refractivity contribution in [3.05, 3.63) is 70.7 Å². The van der Waals surface area contributed by atoms with Gasteiger partial charge in [0.1, 0.15) is 17.1 Å². The Morgan fingerprint density at radius 2 is 1.65 bits per heavy atom. The average molecular weight is 672 g/mol. The lowest BCUT2D eigenvalue weighted by Gasteiger charge is -2.40. The Hall–Kier alpha value is -4.02. The topological polar surface area (TPSA) is 108 Å². The highest BCUT2D eigenvalue weighted by Crippen LogP contribution is 2.41. The highest BCUT2D eigenvalue weighted by Gasteiger charge is 2.46. The molecule has 2 amide bonds. The summed E-state index contributed by atoms with van der Waals surface area (Å²) < 4.78 is 56.1. The molecule has 2 aromatic carbocycles. The van der Waals surface area contributed by atoms with Crippen LogP contribution in [0.4, 0.5) is 17.6 Å². The summed E-state index contributed by atoms with van der Waals surface area (Å²) in [5.41, 5.74) is -1.08. The molecule has 0 saturated carbocycles. The first-order chi connectivity index (χ1) is 22.6. The van der Waals surface area contributed by atoms with Crippen molar-refractivity contribution in [2.24, 2.45) is 17.8 Å². The van der Waals surface area contributed by atoms with Gasteiger partial charge >= 0.3 is 6.18 Å². The number of aromatic amines is 1. The number of carbonyl (C=O) groups is 4. The van der Waals surface area contributed by atoms with Crippen molar-refractivity contribution in [1.29, 1.82) is 0 Å². The Morgan fingerprint density at radius 3 is 2.27 bits per heavy atom. The van der Waals surface area contributed by atoms with Gasteiger partial charge in [0.05, 0.1) is 11.1 Å². The molecular weight excluding hydrogens is 626 g/mol. The molecule has 1 aliphatic carbocycles. The largest absolute Gasteiger partial charge is 0.418 e. The standard InChI is InChI=1S/C37H45F4N3O4/c1-6-21(3)27(18-25(46)17-24-11-8-9-14-30(24)38)35(48)44-36(33(47)19-32(22(4)7-2)42-23(5)45)16-15-31-28(20-36)26-12-10-13-29(34(26)43-31)37(39,40)41/h8-14,21-22,27,32,43H,6-7,15-20H2,1-5H3,(H,42,45)(H,44,48)/t21?,22-,27-,32-,36+/m0/s1. The molecule has 3 aromatic rings. The lowest BCUT2D eigenvalue weighted by Crippen LogP contribution is -2.60. The van der Waals surface area contributed by atoms with Gasteiger partial charge in [-0.2, -0.15) is 13.2 Å². The molecule has 0 bridgehead atoms. The van der Waals surface area contributed by atoms with Crippen LogP contribution in [0.15, 0.2) is 42.5 Å². The van der Waals surface area contributed by atoms with E-state index in [4.69, 9.17) is 0 Å². The molecular formula is C37H45F4N3O4. The molecule has 11 heteroatoms. The van der Waals surface area contributed by atoms with Crippen LogP contribution in [0.25, 0.3) is 10.9 Å². The second kappa shape index (κ2) is 15.0. The molecule has 1 aromatic heterocycles. The van der Waals surface area contributed by atoms with Crippen LogP contribution in [0.5, 0.6) is 0 Å². The van der Waals surface area contributed by atoms with Gasteiger partial charge in [-0.3, -0.25) is 19.2 Å². The first-order valence-corrected chi connectivity index (χ1v) is 16.7. The number of benzene rings is 2. The third kappa shape index (κ3) is 8.15. The molecule has 0 fully saturated rings. The Bertz CT molecular complexity index is 1670. The van der Waals surface area contributed by atoms with Crippen LogP contribution in [0.1, 0.15) is 89.1 Å². The maximum absolute atomic E-state index is 14.5. The van der Waals surface area contributed by atoms with E-state index in [2.05, 4.69) is 15.6 Å². The first kappa shape index (κ1) is 36.8. The molecule has 0 spiro atoms. The van der Waals surface area contributed by atoms with Crippen LogP contribution >= 0.6 is 0 Å². The summed E-state index contributed by atoms with van der Waals surface area (Å²) in [5.74, 6) is -3.18. The Balaban J connectivity index is 1.72. The van der Waals surface area contributed by atoms with Crippen molar-refractivity contribution in [3.63, 3.8) is 0 Å². The van der Waals surface area contributed by atoms with E-state index < -0.39 is 41.0 Å². The highest BCUT2D eigenvalue weighted by molar-refractivity contribution is 5.97. The number of aromatic nitrogens is 1. The van der Waals surface area contributed by atoms with Crippen molar-refractivity contribution >= 4 is 34.3 Å². The summed E-state index contributed by atoms with van der Waals surface area (Å²) in [6, 6.07) is 9.33. The quantitative estimate of drug-likeness (QED) is 0.160. The molecule has 3 N–H and O–H groups in total. The molecule has 0 aliphatic heterocycles. The average Bonchev–Trinajstić information content (AvgIpc) is 3.40. The van der Waals surface area contributed by atoms with Gasteiger partial charge in [0.15, 0.2) is 5.78 Å². The summed E-state index contributed by atoms with van der Waals surface area (Å²) in [6.45, 7) is 8.93. The summed E-state index contributed by atoms with van der Waals surface area (Å²) in [7, 11) is 0. The Labute approximate surface area is 278 Å². The van der Waals surface area contributed by atoms with E-state index in [1.54, 1.807) is 12.1 Å². The number of ketones is 2. The molecule has 0 saturated heterocycles. The molecule has 1 unspecified atom stereocenters. The van der Waals surface area contributed by atoms with E-state index in [-0.39, 0.29) is 78.9 Å². The van der Waals surface area contributed by atoms with Gasteiger partial charge in [-0.15, -0.1) is 0 Å². The molecule has 1 aliphatic rings. The van der Waals surface area contributed by atoms with Crippen LogP contribution in [0, 0.1) is 23.6 Å². The number of H-pyrrole nitrogens is 1. The summed E-state index contributed by atoms with van der Waals surface area (Å²) in [4.78, 5) is 56.9. The Morgan fingerprint density at radius 1 is 0.958 bits per heavy atom. The second-order valence-electron chi connectivity index (χ2n) is 13.4. The number of amides is 2. The normalized spacial score (nSPS) is 18.8. The fourth-order valence-corrected chi connectivity index (χ4v) is 6.79. The van der Waals surface area contributed by atoms with Crippen molar-refractivity contribution in [3.8, 4) is 0 Å². The van der Waals surface area contributed by atoms with Gasteiger partial charge < -0.3 is 15.6 Å². The van der Waals surface area contributed by atoms with E-state index in [0.29, 0.717) is 29.5 Å². The lowest BCUT2D eigenvalue weighted by atomic mass is 9.73. The third-order valence-electron chi connectivity index (χ3n) is 10.1.